The Balaban J connectivity index is 1.93. The third kappa shape index (κ3) is 3.39. The van der Waals surface area contributed by atoms with Crippen molar-refractivity contribution >= 4 is 27.3 Å². The van der Waals surface area contributed by atoms with Gasteiger partial charge in [0.15, 0.2) is 0 Å². The molecule has 2 rings (SSSR count). The molecule has 4 N–H and O–H groups in total. The van der Waals surface area contributed by atoms with Gasteiger partial charge in [0.25, 0.3) is 0 Å². The van der Waals surface area contributed by atoms with Crippen LogP contribution in [0, 0.1) is 11.8 Å². The van der Waals surface area contributed by atoms with E-state index < -0.39 is 0 Å². The van der Waals surface area contributed by atoms with Crippen LogP contribution in [-0.2, 0) is 0 Å². The smallest absolute Gasteiger partial charge is 0.0574 e. The van der Waals surface area contributed by atoms with Gasteiger partial charge in [0.1, 0.15) is 0 Å². The number of aliphatic hydroxyl groups is 1. The zero-order chi connectivity index (χ0) is 13.0. The minimum absolute atomic E-state index is 0.308. The summed E-state index contributed by atoms with van der Waals surface area (Å²) >= 11 is 3.40. The second-order valence-corrected chi connectivity index (χ2v) is 6.02. The average molecular weight is 313 g/mol. The maximum Gasteiger partial charge on any atom is 0.0574 e. The summed E-state index contributed by atoms with van der Waals surface area (Å²) in [6, 6.07) is 5.89. The van der Waals surface area contributed by atoms with Gasteiger partial charge in [0.05, 0.1) is 11.4 Å². The first-order valence-corrected chi connectivity index (χ1v) is 7.39. The van der Waals surface area contributed by atoms with Crippen LogP contribution in [0.2, 0.25) is 0 Å². The number of nitrogens with one attached hydrogen (secondary N) is 1. The van der Waals surface area contributed by atoms with E-state index in [0.29, 0.717) is 18.4 Å². The fourth-order valence-corrected chi connectivity index (χ4v) is 3.11. The topological polar surface area (TPSA) is 58.3 Å². The van der Waals surface area contributed by atoms with Crippen LogP contribution in [0.25, 0.3) is 0 Å². The molecule has 0 heterocycles. The number of aliphatic hydroxyl groups excluding tert-OH is 1. The number of benzene rings is 1. The molecular weight excluding hydrogens is 292 g/mol. The first kappa shape index (κ1) is 13.7. The molecule has 18 heavy (non-hydrogen) atoms. The number of rotatable bonds is 4. The predicted octanol–water partition coefficient (Wildman–Crippen LogP) is 3.24. The second-order valence-electron chi connectivity index (χ2n) is 5.10. The molecule has 0 aliphatic heterocycles. The maximum atomic E-state index is 9.39. The zero-order valence-corrected chi connectivity index (χ0v) is 12.1. The van der Waals surface area contributed by atoms with E-state index in [1.807, 2.05) is 18.2 Å². The third-order valence-electron chi connectivity index (χ3n) is 3.87. The fraction of sp³-hybridized carbons (Fsp3) is 0.571. The Kier molecular flexibility index (Phi) is 4.89. The molecule has 1 fully saturated rings. The SMILES string of the molecule is Nc1cc(Br)ccc1NCC1CCCCC1CO. The number of nitrogen functional groups attached to an aromatic ring is 1. The van der Waals surface area contributed by atoms with Crippen LogP contribution < -0.4 is 11.1 Å². The van der Waals surface area contributed by atoms with Crippen LogP contribution in [0.5, 0.6) is 0 Å². The molecule has 1 saturated carbocycles. The highest BCUT2D eigenvalue weighted by Gasteiger charge is 2.24. The lowest BCUT2D eigenvalue weighted by molar-refractivity contribution is 0.141. The van der Waals surface area contributed by atoms with Crippen molar-refractivity contribution in [3.63, 3.8) is 0 Å². The Labute approximate surface area is 117 Å². The zero-order valence-electron chi connectivity index (χ0n) is 10.5. The molecule has 100 valence electrons. The van der Waals surface area contributed by atoms with Gasteiger partial charge in [-0.25, -0.2) is 0 Å². The van der Waals surface area contributed by atoms with Crippen LogP contribution in [-0.4, -0.2) is 18.3 Å². The fourth-order valence-electron chi connectivity index (χ4n) is 2.73. The molecule has 2 unspecified atom stereocenters. The molecule has 2 atom stereocenters. The quantitative estimate of drug-likeness (QED) is 0.748. The third-order valence-corrected chi connectivity index (χ3v) is 4.36. The van der Waals surface area contributed by atoms with Crippen molar-refractivity contribution in [2.75, 3.05) is 24.2 Å². The van der Waals surface area contributed by atoms with Crippen LogP contribution in [0.3, 0.4) is 0 Å². The Morgan fingerprint density at radius 3 is 2.67 bits per heavy atom. The number of hydrogen-bond acceptors (Lipinski definition) is 3. The van der Waals surface area contributed by atoms with Crippen LogP contribution in [0.1, 0.15) is 25.7 Å². The minimum Gasteiger partial charge on any atom is -0.397 e. The van der Waals surface area contributed by atoms with E-state index in [9.17, 15) is 5.11 Å². The molecule has 0 aromatic heterocycles. The van der Waals surface area contributed by atoms with Crippen molar-refractivity contribution in [3.8, 4) is 0 Å². The van der Waals surface area contributed by atoms with Crippen LogP contribution >= 0.6 is 15.9 Å². The Morgan fingerprint density at radius 1 is 1.28 bits per heavy atom. The average Bonchev–Trinajstić information content (AvgIpc) is 2.38. The van der Waals surface area contributed by atoms with Gasteiger partial charge in [-0.3, -0.25) is 0 Å². The van der Waals surface area contributed by atoms with E-state index in [1.54, 1.807) is 0 Å². The lowest BCUT2D eigenvalue weighted by Crippen LogP contribution is -2.28. The summed E-state index contributed by atoms with van der Waals surface area (Å²) < 4.78 is 0.997. The van der Waals surface area contributed by atoms with Crippen molar-refractivity contribution in [1.29, 1.82) is 0 Å². The van der Waals surface area contributed by atoms with Gasteiger partial charge in [-0.15, -0.1) is 0 Å². The first-order valence-electron chi connectivity index (χ1n) is 6.60. The summed E-state index contributed by atoms with van der Waals surface area (Å²) in [5.74, 6) is 1.01. The van der Waals surface area contributed by atoms with Crippen molar-refractivity contribution in [2.24, 2.45) is 11.8 Å². The number of hydrogen-bond donors (Lipinski definition) is 3. The molecule has 3 nitrogen and oxygen atoms in total. The largest absolute Gasteiger partial charge is 0.397 e. The lowest BCUT2D eigenvalue weighted by atomic mass is 9.79. The van der Waals surface area contributed by atoms with Gasteiger partial charge in [0, 0.05) is 17.6 Å². The lowest BCUT2D eigenvalue weighted by Gasteiger charge is -2.30. The Morgan fingerprint density at radius 2 is 2.00 bits per heavy atom. The van der Waals surface area contributed by atoms with E-state index in [-0.39, 0.29) is 0 Å². The molecule has 4 heteroatoms. The molecule has 1 aromatic rings. The van der Waals surface area contributed by atoms with Crippen molar-refractivity contribution in [2.45, 2.75) is 25.7 Å². The molecule has 0 amide bonds. The van der Waals surface area contributed by atoms with Crippen molar-refractivity contribution in [1.82, 2.24) is 0 Å². The minimum atomic E-state index is 0.308. The number of halogens is 1. The highest BCUT2D eigenvalue weighted by atomic mass is 79.9. The van der Waals surface area contributed by atoms with E-state index in [4.69, 9.17) is 5.73 Å². The van der Waals surface area contributed by atoms with Gasteiger partial charge >= 0.3 is 0 Å². The van der Waals surface area contributed by atoms with E-state index in [1.165, 1.54) is 19.3 Å². The summed E-state index contributed by atoms with van der Waals surface area (Å²) in [6.07, 6.45) is 4.88. The molecule has 1 aliphatic carbocycles. The van der Waals surface area contributed by atoms with Crippen LogP contribution in [0.15, 0.2) is 22.7 Å². The second kappa shape index (κ2) is 6.43. The summed E-state index contributed by atoms with van der Waals surface area (Å²) in [6.45, 7) is 1.21. The highest BCUT2D eigenvalue weighted by Crippen LogP contribution is 2.31. The normalized spacial score (nSPS) is 23.9. The summed E-state index contributed by atoms with van der Waals surface area (Å²) in [4.78, 5) is 0. The van der Waals surface area contributed by atoms with Gasteiger partial charge in [0.2, 0.25) is 0 Å². The number of anilines is 2. The van der Waals surface area contributed by atoms with Gasteiger partial charge in [-0.1, -0.05) is 28.8 Å². The van der Waals surface area contributed by atoms with E-state index in [2.05, 4.69) is 21.2 Å². The molecule has 0 radical (unpaired) electrons. The van der Waals surface area contributed by atoms with Gasteiger partial charge in [-0.2, -0.15) is 0 Å². The van der Waals surface area contributed by atoms with E-state index in [0.717, 1.165) is 28.8 Å². The van der Waals surface area contributed by atoms with Crippen molar-refractivity contribution < 1.29 is 5.11 Å². The predicted molar refractivity (Wildman–Crippen MR) is 79.6 cm³/mol. The van der Waals surface area contributed by atoms with Crippen molar-refractivity contribution in [3.05, 3.63) is 22.7 Å². The molecule has 0 spiro atoms. The first-order chi connectivity index (χ1) is 8.70. The van der Waals surface area contributed by atoms with E-state index >= 15 is 0 Å². The number of nitrogens with two attached hydrogens (primary N) is 1. The molecule has 0 saturated heterocycles. The molecule has 1 aliphatic rings. The summed E-state index contributed by atoms with van der Waals surface area (Å²) in [7, 11) is 0. The molecule has 1 aromatic carbocycles. The summed E-state index contributed by atoms with van der Waals surface area (Å²) in [5.41, 5.74) is 7.71. The monoisotopic (exact) mass is 312 g/mol. The maximum absolute atomic E-state index is 9.39. The van der Waals surface area contributed by atoms with Gasteiger partial charge < -0.3 is 16.2 Å². The summed E-state index contributed by atoms with van der Waals surface area (Å²) in [5, 5.41) is 12.8. The molecule has 0 bridgehead atoms. The highest BCUT2D eigenvalue weighted by molar-refractivity contribution is 9.10. The standard InChI is InChI=1S/C14H21BrN2O/c15-12-5-6-14(13(16)7-12)17-8-10-3-1-2-4-11(10)9-18/h5-7,10-11,17-18H,1-4,8-9,16H2. The Hall–Kier alpha value is -0.740. The molecular formula is C14H21BrN2O. The van der Waals surface area contributed by atoms with Crippen LogP contribution in [0.4, 0.5) is 11.4 Å². The van der Waals surface area contributed by atoms with Gasteiger partial charge in [-0.05, 0) is 42.9 Å². The Bertz CT molecular complexity index is 397.